The summed E-state index contributed by atoms with van der Waals surface area (Å²) in [5.74, 6) is 0.290. The molecule has 0 spiro atoms. The fourth-order valence-electron chi connectivity index (χ4n) is 2.91. The molecule has 104 valence electrons. The van der Waals surface area contributed by atoms with Crippen LogP contribution in [0.1, 0.15) is 39.5 Å². The maximum atomic E-state index is 12.0. The van der Waals surface area contributed by atoms with Crippen molar-refractivity contribution in [2.45, 2.75) is 51.6 Å². The molecule has 0 bridgehead atoms. The summed E-state index contributed by atoms with van der Waals surface area (Å²) < 4.78 is 0. The molecule has 2 saturated heterocycles. The predicted molar refractivity (Wildman–Crippen MR) is 73.5 cm³/mol. The van der Waals surface area contributed by atoms with Crippen molar-refractivity contribution in [1.29, 1.82) is 0 Å². The van der Waals surface area contributed by atoms with Crippen LogP contribution in [0.25, 0.3) is 0 Å². The Bertz CT molecular complexity index is 274. The van der Waals surface area contributed by atoms with Crippen LogP contribution >= 0.6 is 0 Å². The summed E-state index contributed by atoms with van der Waals surface area (Å²) in [4.78, 5) is 16.5. The summed E-state index contributed by atoms with van der Waals surface area (Å²) in [6, 6.07) is 1.12. The average Bonchev–Trinajstić information content (AvgIpc) is 2.86. The van der Waals surface area contributed by atoms with Gasteiger partial charge in [0.1, 0.15) is 0 Å². The molecule has 18 heavy (non-hydrogen) atoms. The second-order valence-corrected chi connectivity index (χ2v) is 5.90. The number of piperidine rings is 1. The Morgan fingerprint density at radius 1 is 1.22 bits per heavy atom. The van der Waals surface area contributed by atoms with Crippen molar-refractivity contribution in [2.24, 2.45) is 0 Å². The average molecular weight is 253 g/mol. The van der Waals surface area contributed by atoms with Gasteiger partial charge in [-0.2, -0.15) is 0 Å². The van der Waals surface area contributed by atoms with Crippen LogP contribution in [0.3, 0.4) is 0 Å². The Labute approximate surface area is 111 Å². The molecule has 0 aromatic heterocycles. The van der Waals surface area contributed by atoms with E-state index in [-0.39, 0.29) is 5.91 Å². The second kappa shape index (κ2) is 6.53. The molecular weight excluding hydrogens is 226 g/mol. The molecule has 0 saturated carbocycles. The van der Waals surface area contributed by atoms with Gasteiger partial charge in [0.05, 0.1) is 6.54 Å². The van der Waals surface area contributed by atoms with Gasteiger partial charge in [0.25, 0.3) is 0 Å². The van der Waals surface area contributed by atoms with E-state index in [9.17, 15) is 4.79 Å². The zero-order valence-electron chi connectivity index (χ0n) is 11.8. The van der Waals surface area contributed by atoms with E-state index in [0.29, 0.717) is 18.6 Å². The van der Waals surface area contributed by atoms with Crippen LogP contribution in [-0.4, -0.2) is 60.5 Å². The summed E-state index contributed by atoms with van der Waals surface area (Å²) >= 11 is 0. The molecule has 2 aliphatic rings. The third-order valence-corrected chi connectivity index (χ3v) is 4.20. The lowest BCUT2D eigenvalue weighted by molar-refractivity contribution is -0.131. The van der Waals surface area contributed by atoms with Crippen LogP contribution in [0.2, 0.25) is 0 Å². The number of nitrogens with zero attached hydrogens (tertiary/aromatic N) is 2. The first-order chi connectivity index (χ1) is 8.66. The summed E-state index contributed by atoms with van der Waals surface area (Å²) in [7, 11) is 0. The van der Waals surface area contributed by atoms with Gasteiger partial charge in [-0.05, 0) is 46.1 Å². The maximum Gasteiger partial charge on any atom is 0.236 e. The molecule has 2 heterocycles. The minimum absolute atomic E-state index is 0.290. The third kappa shape index (κ3) is 3.69. The van der Waals surface area contributed by atoms with Crippen molar-refractivity contribution < 1.29 is 4.79 Å². The van der Waals surface area contributed by atoms with E-state index in [0.717, 1.165) is 26.2 Å². The van der Waals surface area contributed by atoms with Crippen molar-refractivity contribution in [3.8, 4) is 0 Å². The minimum atomic E-state index is 0.290. The molecule has 0 aromatic carbocycles. The number of carbonyl (C=O) groups excluding carboxylic acids is 1. The smallest absolute Gasteiger partial charge is 0.236 e. The van der Waals surface area contributed by atoms with Crippen LogP contribution in [-0.2, 0) is 4.79 Å². The minimum Gasteiger partial charge on any atom is -0.342 e. The van der Waals surface area contributed by atoms with Crippen LogP contribution in [0.5, 0.6) is 0 Å². The fourth-order valence-corrected chi connectivity index (χ4v) is 2.91. The number of carbonyl (C=O) groups is 1. The molecular formula is C14H27N3O. The second-order valence-electron chi connectivity index (χ2n) is 5.90. The first-order valence-corrected chi connectivity index (χ1v) is 7.42. The van der Waals surface area contributed by atoms with Crippen molar-refractivity contribution >= 4 is 5.91 Å². The number of amides is 1. The molecule has 2 rings (SSSR count). The van der Waals surface area contributed by atoms with Gasteiger partial charge in [0.15, 0.2) is 0 Å². The SMILES string of the molecule is CC(C)N1CCC(NCC(=O)N2CCCCC2)C1. The zero-order chi connectivity index (χ0) is 13.0. The van der Waals surface area contributed by atoms with E-state index in [2.05, 4.69) is 24.1 Å². The van der Waals surface area contributed by atoms with E-state index in [1.165, 1.54) is 25.7 Å². The van der Waals surface area contributed by atoms with Gasteiger partial charge in [-0.25, -0.2) is 0 Å². The molecule has 4 heteroatoms. The number of likely N-dealkylation sites (tertiary alicyclic amines) is 2. The standard InChI is InChI=1S/C14H27N3O/c1-12(2)17-9-6-13(11-17)15-10-14(18)16-7-4-3-5-8-16/h12-13,15H,3-11H2,1-2H3. The number of rotatable bonds is 4. The van der Waals surface area contributed by atoms with Crippen LogP contribution in [0.4, 0.5) is 0 Å². The number of hydrogen-bond acceptors (Lipinski definition) is 3. The Balaban J connectivity index is 1.67. The molecule has 1 unspecified atom stereocenters. The molecule has 0 radical (unpaired) electrons. The highest BCUT2D eigenvalue weighted by molar-refractivity contribution is 5.78. The number of hydrogen-bond donors (Lipinski definition) is 1. The molecule has 0 aromatic rings. The van der Waals surface area contributed by atoms with Gasteiger partial charge in [-0.3, -0.25) is 9.69 Å². The summed E-state index contributed by atoms with van der Waals surface area (Å²) in [5, 5.41) is 3.43. The highest BCUT2D eigenvalue weighted by Crippen LogP contribution is 2.12. The molecule has 0 aliphatic carbocycles. The monoisotopic (exact) mass is 253 g/mol. The van der Waals surface area contributed by atoms with E-state index in [1.807, 2.05) is 4.90 Å². The Morgan fingerprint density at radius 3 is 2.56 bits per heavy atom. The van der Waals surface area contributed by atoms with E-state index >= 15 is 0 Å². The van der Waals surface area contributed by atoms with E-state index in [4.69, 9.17) is 0 Å². The third-order valence-electron chi connectivity index (χ3n) is 4.20. The van der Waals surface area contributed by atoms with Gasteiger partial charge < -0.3 is 10.2 Å². The van der Waals surface area contributed by atoms with Crippen molar-refractivity contribution in [3.63, 3.8) is 0 Å². The van der Waals surface area contributed by atoms with Gasteiger partial charge in [0.2, 0.25) is 5.91 Å². The Morgan fingerprint density at radius 2 is 1.94 bits per heavy atom. The Hall–Kier alpha value is -0.610. The van der Waals surface area contributed by atoms with Gasteiger partial charge in [-0.15, -0.1) is 0 Å². The number of nitrogens with one attached hydrogen (secondary N) is 1. The fraction of sp³-hybridized carbons (Fsp3) is 0.929. The van der Waals surface area contributed by atoms with E-state index in [1.54, 1.807) is 0 Å². The molecule has 2 aliphatic heterocycles. The van der Waals surface area contributed by atoms with E-state index < -0.39 is 0 Å². The zero-order valence-corrected chi connectivity index (χ0v) is 11.8. The quantitative estimate of drug-likeness (QED) is 0.814. The van der Waals surface area contributed by atoms with Crippen LogP contribution in [0, 0.1) is 0 Å². The normalized spacial score (nSPS) is 25.9. The summed E-state index contributed by atoms with van der Waals surface area (Å²) in [6.45, 7) is 9.17. The predicted octanol–water partition coefficient (Wildman–Crippen LogP) is 1.07. The first-order valence-electron chi connectivity index (χ1n) is 7.42. The molecule has 1 atom stereocenters. The van der Waals surface area contributed by atoms with Gasteiger partial charge >= 0.3 is 0 Å². The maximum absolute atomic E-state index is 12.0. The lowest BCUT2D eigenvalue weighted by atomic mass is 10.1. The molecule has 1 N–H and O–H groups in total. The summed E-state index contributed by atoms with van der Waals surface area (Å²) in [5.41, 5.74) is 0. The van der Waals surface area contributed by atoms with Gasteiger partial charge in [0, 0.05) is 31.7 Å². The van der Waals surface area contributed by atoms with Crippen molar-refractivity contribution in [3.05, 3.63) is 0 Å². The van der Waals surface area contributed by atoms with Crippen molar-refractivity contribution in [2.75, 3.05) is 32.7 Å². The lowest BCUT2D eigenvalue weighted by Crippen LogP contribution is -2.44. The lowest BCUT2D eigenvalue weighted by Gasteiger charge is -2.27. The molecule has 4 nitrogen and oxygen atoms in total. The van der Waals surface area contributed by atoms with Crippen LogP contribution < -0.4 is 5.32 Å². The molecule has 1 amide bonds. The highest BCUT2D eigenvalue weighted by Gasteiger charge is 2.25. The largest absolute Gasteiger partial charge is 0.342 e. The van der Waals surface area contributed by atoms with Gasteiger partial charge in [-0.1, -0.05) is 0 Å². The first kappa shape index (κ1) is 13.8. The van der Waals surface area contributed by atoms with Crippen molar-refractivity contribution in [1.82, 2.24) is 15.1 Å². The highest BCUT2D eigenvalue weighted by atomic mass is 16.2. The van der Waals surface area contributed by atoms with Crippen LogP contribution in [0.15, 0.2) is 0 Å². The topological polar surface area (TPSA) is 35.6 Å². The molecule has 2 fully saturated rings. The summed E-state index contributed by atoms with van der Waals surface area (Å²) in [6.07, 6.45) is 4.81. The Kier molecular flexibility index (Phi) is 5.01.